The fraction of sp³-hybridized carbons (Fsp3) is 0.905. The third-order valence-electron chi connectivity index (χ3n) is 14.2. The molecule has 0 amide bonds. The lowest BCUT2D eigenvalue weighted by Crippen LogP contribution is -2.37. The van der Waals surface area contributed by atoms with Crippen LogP contribution in [0.25, 0.3) is 0 Å². The van der Waals surface area contributed by atoms with Crippen molar-refractivity contribution in [1.82, 2.24) is 0 Å². The Morgan fingerprint density at radius 2 is 0.740 bits per heavy atom. The van der Waals surface area contributed by atoms with Crippen molar-refractivity contribution >= 4 is 19.8 Å². The van der Waals surface area contributed by atoms with Crippen LogP contribution in [0.5, 0.6) is 0 Å². The van der Waals surface area contributed by atoms with Crippen molar-refractivity contribution in [2.45, 2.75) is 322 Å². The maximum Gasteiger partial charge on any atom is 0.472 e. The van der Waals surface area contributed by atoms with Gasteiger partial charge >= 0.3 is 19.8 Å². The standard InChI is InChI=1S/C63H122NO8P/c1-6-8-10-12-14-16-18-20-22-24-26-28-29-30-31-32-33-34-36-37-39-41-43-45-47-49-51-53-55-62(65)69-59-61(60-71-73(67,68)70-58-57-64(3,4)5)72-63(66)56-54-52-50-48-46-44-42-40-38-35-27-25-23-21-19-17-15-13-11-9-7-2/h19,21,25,27,61H,6-18,20,22-24,26,28-60H2,1-5H3/p+1/b21-19-,27-25-. The number of hydrogen-bond acceptors (Lipinski definition) is 7. The lowest BCUT2D eigenvalue weighted by atomic mass is 10.0. The van der Waals surface area contributed by atoms with E-state index in [2.05, 4.69) is 38.2 Å². The minimum atomic E-state index is -4.39. The van der Waals surface area contributed by atoms with Crippen molar-refractivity contribution in [3.8, 4) is 0 Å². The summed E-state index contributed by atoms with van der Waals surface area (Å²) in [5.41, 5.74) is 0. The van der Waals surface area contributed by atoms with Crippen LogP contribution >= 0.6 is 7.82 Å². The summed E-state index contributed by atoms with van der Waals surface area (Å²) in [7, 11) is 1.49. The summed E-state index contributed by atoms with van der Waals surface area (Å²) < 4.78 is 34.6. The Balaban J connectivity index is 4.05. The van der Waals surface area contributed by atoms with Gasteiger partial charge in [-0.1, -0.05) is 282 Å². The van der Waals surface area contributed by atoms with E-state index in [-0.39, 0.29) is 25.6 Å². The monoisotopic (exact) mass is 1050 g/mol. The first-order chi connectivity index (χ1) is 35.5. The molecule has 0 fully saturated rings. The average molecular weight is 1050 g/mol. The summed E-state index contributed by atoms with van der Waals surface area (Å²) in [6.45, 7) is 4.48. The highest BCUT2D eigenvalue weighted by atomic mass is 31.2. The number of phosphoric acid groups is 1. The Hall–Kier alpha value is -1.51. The van der Waals surface area contributed by atoms with Crippen molar-refractivity contribution < 1.29 is 42.1 Å². The molecule has 432 valence electrons. The van der Waals surface area contributed by atoms with Crippen LogP contribution in [-0.2, 0) is 32.7 Å². The molecule has 0 saturated carbocycles. The van der Waals surface area contributed by atoms with E-state index in [0.29, 0.717) is 23.9 Å². The van der Waals surface area contributed by atoms with Gasteiger partial charge in [-0.25, -0.2) is 4.57 Å². The first kappa shape index (κ1) is 71.5. The molecular formula is C63H123NO8P+. The van der Waals surface area contributed by atoms with E-state index in [4.69, 9.17) is 18.5 Å². The fourth-order valence-electron chi connectivity index (χ4n) is 9.34. The lowest BCUT2D eigenvalue weighted by Gasteiger charge is -2.24. The van der Waals surface area contributed by atoms with Crippen LogP contribution in [0, 0.1) is 0 Å². The molecule has 0 rings (SSSR count). The zero-order chi connectivity index (χ0) is 53.5. The molecule has 10 heteroatoms. The van der Waals surface area contributed by atoms with Crippen LogP contribution in [0.3, 0.4) is 0 Å². The molecule has 0 radical (unpaired) electrons. The Kier molecular flexibility index (Phi) is 54.1. The number of quaternary nitrogens is 1. The first-order valence-corrected chi connectivity index (χ1v) is 33.1. The number of carbonyl (C=O) groups is 2. The maximum atomic E-state index is 12.8. The predicted molar refractivity (Wildman–Crippen MR) is 312 cm³/mol. The van der Waals surface area contributed by atoms with E-state index in [0.717, 1.165) is 44.9 Å². The second-order valence-corrected chi connectivity index (χ2v) is 24.3. The van der Waals surface area contributed by atoms with Gasteiger partial charge in [-0.05, 0) is 44.9 Å². The van der Waals surface area contributed by atoms with Crippen LogP contribution in [0.15, 0.2) is 24.3 Å². The number of allylic oxidation sites excluding steroid dienone is 4. The third kappa shape index (κ3) is 59.6. The van der Waals surface area contributed by atoms with Gasteiger partial charge in [0.25, 0.3) is 0 Å². The lowest BCUT2D eigenvalue weighted by molar-refractivity contribution is -0.870. The number of ether oxygens (including phenoxy) is 2. The average Bonchev–Trinajstić information content (AvgIpc) is 3.35. The maximum absolute atomic E-state index is 12.8. The van der Waals surface area contributed by atoms with Gasteiger partial charge in [0, 0.05) is 12.8 Å². The highest BCUT2D eigenvalue weighted by molar-refractivity contribution is 7.47. The summed E-state index contributed by atoms with van der Waals surface area (Å²) in [6, 6.07) is 0. The summed E-state index contributed by atoms with van der Waals surface area (Å²) >= 11 is 0. The summed E-state index contributed by atoms with van der Waals surface area (Å²) in [5.74, 6) is -0.784. The van der Waals surface area contributed by atoms with Crippen LogP contribution in [-0.4, -0.2) is 74.9 Å². The zero-order valence-corrected chi connectivity index (χ0v) is 50.0. The van der Waals surface area contributed by atoms with E-state index in [1.165, 1.54) is 238 Å². The number of phosphoric ester groups is 1. The van der Waals surface area contributed by atoms with Gasteiger partial charge in [-0.15, -0.1) is 0 Å². The minimum absolute atomic E-state index is 0.0334. The van der Waals surface area contributed by atoms with Gasteiger partial charge in [0.1, 0.15) is 19.8 Å². The van der Waals surface area contributed by atoms with Crippen molar-refractivity contribution in [2.75, 3.05) is 47.5 Å². The topological polar surface area (TPSA) is 108 Å². The third-order valence-corrected chi connectivity index (χ3v) is 15.2. The molecule has 0 bridgehead atoms. The minimum Gasteiger partial charge on any atom is -0.462 e. The molecule has 0 saturated heterocycles. The van der Waals surface area contributed by atoms with Gasteiger partial charge in [0.05, 0.1) is 27.7 Å². The van der Waals surface area contributed by atoms with Gasteiger partial charge in [0.15, 0.2) is 6.10 Å². The SMILES string of the molecule is CCCCCCC/C=C\C/C=C\CCCCCCCCCCCC(=O)OC(COC(=O)CCCCCCCCCCCCCCCCCCCCCCCCCCCCCC)COP(=O)(O)OCC[N+](C)(C)C. The molecule has 1 N–H and O–H groups in total. The molecule has 0 heterocycles. The Bertz CT molecular complexity index is 1280. The van der Waals surface area contributed by atoms with Crippen LogP contribution in [0.1, 0.15) is 316 Å². The van der Waals surface area contributed by atoms with Gasteiger partial charge in [-0.3, -0.25) is 18.6 Å². The molecule has 2 unspecified atom stereocenters. The summed E-state index contributed by atoms with van der Waals surface area (Å²) in [5, 5.41) is 0. The molecule has 9 nitrogen and oxygen atoms in total. The molecule has 0 aromatic heterocycles. The molecule has 73 heavy (non-hydrogen) atoms. The normalized spacial score (nSPS) is 13.3. The Morgan fingerprint density at radius 3 is 1.08 bits per heavy atom. The fourth-order valence-corrected chi connectivity index (χ4v) is 10.1. The number of unbranched alkanes of at least 4 members (excludes halogenated alkanes) is 41. The number of esters is 2. The molecule has 2 atom stereocenters. The van der Waals surface area contributed by atoms with E-state index in [1.54, 1.807) is 0 Å². The van der Waals surface area contributed by atoms with Crippen molar-refractivity contribution in [2.24, 2.45) is 0 Å². The van der Waals surface area contributed by atoms with E-state index < -0.39 is 26.5 Å². The van der Waals surface area contributed by atoms with Crippen LogP contribution in [0.4, 0.5) is 0 Å². The van der Waals surface area contributed by atoms with Gasteiger partial charge in [0.2, 0.25) is 0 Å². The predicted octanol–water partition coefficient (Wildman–Crippen LogP) is 19.8. The second kappa shape index (κ2) is 55.3. The summed E-state index contributed by atoms with van der Waals surface area (Å²) in [4.78, 5) is 35.7. The Labute approximate surface area is 453 Å². The summed E-state index contributed by atoms with van der Waals surface area (Å²) in [6.07, 6.45) is 66.9. The highest BCUT2D eigenvalue weighted by Gasteiger charge is 2.27. The van der Waals surface area contributed by atoms with Gasteiger partial charge in [-0.2, -0.15) is 0 Å². The molecular weight excluding hydrogens is 930 g/mol. The molecule has 0 aliphatic heterocycles. The number of likely N-dealkylation sites (N-methyl/N-ethyl adjacent to an activating group) is 1. The second-order valence-electron chi connectivity index (χ2n) is 22.8. The Morgan fingerprint density at radius 1 is 0.425 bits per heavy atom. The zero-order valence-electron chi connectivity index (χ0n) is 49.1. The first-order valence-electron chi connectivity index (χ1n) is 31.6. The molecule has 0 aliphatic rings. The van der Waals surface area contributed by atoms with Gasteiger partial charge < -0.3 is 18.9 Å². The van der Waals surface area contributed by atoms with Crippen molar-refractivity contribution in [3.63, 3.8) is 0 Å². The largest absolute Gasteiger partial charge is 0.472 e. The molecule has 0 aliphatic carbocycles. The van der Waals surface area contributed by atoms with E-state index >= 15 is 0 Å². The number of hydrogen-bond donors (Lipinski definition) is 1. The number of rotatable bonds is 59. The number of nitrogens with zero attached hydrogens (tertiary/aromatic N) is 1. The smallest absolute Gasteiger partial charge is 0.462 e. The van der Waals surface area contributed by atoms with Crippen LogP contribution < -0.4 is 0 Å². The van der Waals surface area contributed by atoms with E-state index in [9.17, 15) is 19.0 Å². The number of carbonyl (C=O) groups excluding carboxylic acids is 2. The molecule has 0 aromatic carbocycles. The highest BCUT2D eigenvalue weighted by Crippen LogP contribution is 2.43. The van der Waals surface area contributed by atoms with Crippen molar-refractivity contribution in [3.05, 3.63) is 24.3 Å². The van der Waals surface area contributed by atoms with E-state index in [1.807, 2.05) is 21.1 Å². The van der Waals surface area contributed by atoms with Crippen molar-refractivity contribution in [1.29, 1.82) is 0 Å². The molecule has 0 spiro atoms. The van der Waals surface area contributed by atoms with Crippen LogP contribution in [0.2, 0.25) is 0 Å². The molecule has 0 aromatic rings. The quantitative estimate of drug-likeness (QED) is 0.0211.